The number of halogens is 1. The Morgan fingerprint density at radius 2 is 1.76 bits per heavy atom. The summed E-state index contributed by atoms with van der Waals surface area (Å²) in [5.74, 6) is 1.44. The molecule has 0 aromatic rings. The molecule has 0 amide bonds. The molecule has 0 aromatic heterocycles. The third-order valence-corrected chi connectivity index (χ3v) is 2.88. The van der Waals surface area contributed by atoms with Crippen LogP contribution in [0.4, 0.5) is 0 Å². The van der Waals surface area contributed by atoms with Gasteiger partial charge in [-0.3, -0.25) is 9.79 Å². The van der Waals surface area contributed by atoms with E-state index >= 15 is 0 Å². The summed E-state index contributed by atoms with van der Waals surface area (Å²) in [6.45, 7) is 8.43. The van der Waals surface area contributed by atoms with Crippen LogP contribution in [0.1, 0.15) is 52.9 Å². The van der Waals surface area contributed by atoms with Crippen molar-refractivity contribution in [3.05, 3.63) is 0 Å². The molecule has 0 unspecified atom stereocenters. The fraction of sp³-hybridized carbons (Fsp3) is 0.867. The van der Waals surface area contributed by atoms with Gasteiger partial charge < -0.3 is 15.4 Å². The number of aliphatic imine (C=N–C) groups is 1. The Balaban J connectivity index is 0. The second-order valence-corrected chi connectivity index (χ2v) is 5.22. The molecule has 0 spiro atoms. The van der Waals surface area contributed by atoms with Gasteiger partial charge in [0.25, 0.3) is 0 Å². The van der Waals surface area contributed by atoms with Gasteiger partial charge in [-0.05, 0) is 25.7 Å². The molecule has 0 saturated carbocycles. The quantitative estimate of drug-likeness (QED) is 0.190. The maximum atomic E-state index is 11.2. The standard InChI is InChI=1S/C15H31N3O2.HI/c1-5-20-14(19)10-8-12-18-15(16-4)17-11-7-6-9-13(2)3;/h13H,5-12H2,1-4H3,(H2,16,17,18);1H. The Hall–Kier alpha value is -0.530. The van der Waals surface area contributed by atoms with Gasteiger partial charge in [-0.25, -0.2) is 0 Å². The van der Waals surface area contributed by atoms with E-state index in [2.05, 4.69) is 29.5 Å². The molecule has 6 heteroatoms. The van der Waals surface area contributed by atoms with Crippen LogP contribution in [-0.2, 0) is 9.53 Å². The van der Waals surface area contributed by atoms with Crippen LogP contribution in [0.5, 0.6) is 0 Å². The maximum absolute atomic E-state index is 11.2. The predicted molar refractivity (Wildman–Crippen MR) is 99.3 cm³/mol. The third kappa shape index (κ3) is 15.7. The summed E-state index contributed by atoms with van der Waals surface area (Å²) in [5.41, 5.74) is 0. The van der Waals surface area contributed by atoms with Crippen molar-refractivity contribution < 1.29 is 9.53 Å². The maximum Gasteiger partial charge on any atom is 0.305 e. The van der Waals surface area contributed by atoms with E-state index in [1.54, 1.807) is 7.05 Å². The molecule has 0 saturated heterocycles. The Morgan fingerprint density at radius 3 is 2.29 bits per heavy atom. The molecule has 0 atom stereocenters. The highest BCUT2D eigenvalue weighted by Gasteiger charge is 2.02. The summed E-state index contributed by atoms with van der Waals surface area (Å²) in [7, 11) is 1.76. The number of carbonyl (C=O) groups is 1. The van der Waals surface area contributed by atoms with Crippen molar-refractivity contribution >= 4 is 35.9 Å². The first-order valence-electron chi connectivity index (χ1n) is 7.70. The summed E-state index contributed by atoms with van der Waals surface area (Å²) in [4.78, 5) is 15.3. The first kappa shape index (κ1) is 22.7. The number of unbranched alkanes of at least 4 members (excludes halogenated alkanes) is 1. The second-order valence-electron chi connectivity index (χ2n) is 5.22. The van der Waals surface area contributed by atoms with Crippen molar-refractivity contribution in [2.45, 2.75) is 52.9 Å². The summed E-state index contributed by atoms with van der Waals surface area (Å²) < 4.78 is 4.87. The van der Waals surface area contributed by atoms with E-state index in [-0.39, 0.29) is 29.9 Å². The summed E-state index contributed by atoms with van der Waals surface area (Å²) in [6.07, 6.45) is 4.87. The minimum Gasteiger partial charge on any atom is -0.466 e. The van der Waals surface area contributed by atoms with E-state index in [1.165, 1.54) is 12.8 Å². The zero-order valence-electron chi connectivity index (χ0n) is 13.9. The van der Waals surface area contributed by atoms with Crippen LogP contribution in [0.3, 0.4) is 0 Å². The number of hydrogen-bond donors (Lipinski definition) is 2. The average Bonchev–Trinajstić information content (AvgIpc) is 2.40. The van der Waals surface area contributed by atoms with Gasteiger partial charge >= 0.3 is 5.97 Å². The fourth-order valence-electron chi connectivity index (χ4n) is 1.78. The van der Waals surface area contributed by atoms with Crippen LogP contribution in [-0.4, -0.2) is 38.7 Å². The van der Waals surface area contributed by atoms with Crippen molar-refractivity contribution in [2.24, 2.45) is 10.9 Å². The lowest BCUT2D eigenvalue weighted by Crippen LogP contribution is -2.38. The van der Waals surface area contributed by atoms with E-state index in [1.807, 2.05) is 6.92 Å². The molecular formula is C15H32IN3O2. The minimum absolute atomic E-state index is 0. The van der Waals surface area contributed by atoms with E-state index < -0.39 is 0 Å². The molecule has 0 rings (SSSR count). The number of esters is 1. The van der Waals surface area contributed by atoms with Crippen LogP contribution >= 0.6 is 24.0 Å². The second kappa shape index (κ2) is 15.9. The molecule has 0 aliphatic rings. The van der Waals surface area contributed by atoms with Gasteiger partial charge in [-0.15, -0.1) is 24.0 Å². The molecule has 126 valence electrons. The Bertz CT molecular complexity index is 284. The zero-order valence-corrected chi connectivity index (χ0v) is 16.2. The molecule has 0 radical (unpaired) electrons. The largest absolute Gasteiger partial charge is 0.466 e. The lowest BCUT2D eigenvalue weighted by molar-refractivity contribution is -0.143. The highest BCUT2D eigenvalue weighted by atomic mass is 127. The number of nitrogens with zero attached hydrogens (tertiary/aromatic N) is 1. The van der Waals surface area contributed by atoms with Gasteiger partial charge in [0.15, 0.2) is 5.96 Å². The molecule has 0 bridgehead atoms. The summed E-state index contributed by atoms with van der Waals surface area (Å²) in [6, 6.07) is 0. The SMILES string of the molecule is CCOC(=O)CCCNC(=NC)NCCCCC(C)C.I. The van der Waals surface area contributed by atoms with Crippen LogP contribution < -0.4 is 10.6 Å². The van der Waals surface area contributed by atoms with Crippen LogP contribution in [0, 0.1) is 5.92 Å². The zero-order chi connectivity index (χ0) is 15.2. The molecule has 21 heavy (non-hydrogen) atoms. The molecule has 0 heterocycles. The first-order chi connectivity index (χ1) is 9.60. The molecule has 0 aromatic carbocycles. The van der Waals surface area contributed by atoms with Gasteiger partial charge in [0, 0.05) is 26.6 Å². The van der Waals surface area contributed by atoms with E-state index in [4.69, 9.17) is 4.74 Å². The van der Waals surface area contributed by atoms with Gasteiger partial charge in [-0.2, -0.15) is 0 Å². The summed E-state index contributed by atoms with van der Waals surface area (Å²) in [5, 5.41) is 6.48. The predicted octanol–water partition coefficient (Wildman–Crippen LogP) is 2.94. The number of guanidine groups is 1. The average molecular weight is 413 g/mol. The molecule has 2 N–H and O–H groups in total. The molecule has 0 aliphatic heterocycles. The molecule has 0 fully saturated rings. The number of ether oxygens (including phenoxy) is 1. The van der Waals surface area contributed by atoms with Gasteiger partial charge in [0.1, 0.15) is 0 Å². The number of hydrogen-bond acceptors (Lipinski definition) is 3. The lowest BCUT2D eigenvalue weighted by atomic mass is 10.1. The van der Waals surface area contributed by atoms with Gasteiger partial charge in [0.2, 0.25) is 0 Å². The van der Waals surface area contributed by atoms with Crippen molar-refractivity contribution in [1.29, 1.82) is 0 Å². The Labute approximate surface area is 146 Å². The number of rotatable bonds is 10. The normalized spacial score (nSPS) is 11.0. The van der Waals surface area contributed by atoms with E-state index in [0.717, 1.165) is 37.8 Å². The molecule has 0 aliphatic carbocycles. The minimum atomic E-state index is -0.133. The van der Waals surface area contributed by atoms with Gasteiger partial charge in [0.05, 0.1) is 6.61 Å². The van der Waals surface area contributed by atoms with Crippen molar-refractivity contribution in [2.75, 3.05) is 26.7 Å². The Kier molecular flexibility index (Phi) is 17.2. The topological polar surface area (TPSA) is 62.7 Å². The molecule has 5 nitrogen and oxygen atoms in total. The molecular weight excluding hydrogens is 381 g/mol. The monoisotopic (exact) mass is 413 g/mol. The van der Waals surface area contributed by atoms with Crippen molar-refractivity contribution in [3.8, 4) is 0 Å². The third-order valence-electron chi connectivity index (χ3n) is 2.88. The van der Waals surface area contributed by atoms with Crippen LogP contribution in [0.25, 0.3) is 0 Å². The fourth-order valence-corrected chi connectivity index (χ4v) is 1.78. The van der Waals surface area contributed by atoms with E-state index in [0.29, 0.717) is 13.0 Å². The van der Waals surface area contributed by atoms with Crippen LogP contribution in [0.15, 0.2) is 4.99 Å². The van der Waals surface area contributed by atoms with E-state index in [9.17, 15) is 4.79 Å². The highest BCUT2D eigenvalue weighted by molar-refractivity contribution is 14.0. The Morgan fingerprint density at radius 1 is 1.14 bits per heavy atom. The van der Waals surface area contributed by atoms with Crippen LogP contribution in [0.2, 0.25) is 0 Å². The first-order valence-corrected chi connectivity index (χ1v) is 7.70. The lowest BCUT2D eigenvalue weighted by Gasteiger charge is -2.12. The van der Waals surface area contributed by atoms with Crippen molar-refractivity contribution in [3.63, 3.8) is 0 Å². The summed E-state index contributed by atoms with van der Waals surface area (Å²) >= 11 is 0. The van der Waals surface area contributed by atoms with Gasteiger partial charge in [-0.1, -0.05) is 26.7 Å². The van der Waals surface area contributed by atoms with Crippen molar-refractivity contribution in [1.82, 2.24) is 10.6 Å². The smallest absolute Gasteiger partial charge is 0.305 e. The number of nitrogens with one attached hydrogen (secondary N) is 2. The highest BCUT2D eigenvalue weighted by Crippen LogP contribution is 2.04. The number of carbonyl (C=O) groups excluding carboxylic acids is 1.